The van der Waals surface area contributed by atoms with Crippen LogP contribution in [0.15, 0.2) is 230 Å². The highest BCUT2D eigenvalue weighted by Gasteiger charge is 2.46. The zero-order valence-corrected chi connectivity index (χ0v) is 37.3. The molecule has 0 radical (unpaired) electrons. The fourth-order valence-electron chi connectivity index (χ4n) is 11.6. The molecule has 10 aromatic rings. The van der Waals surface area contributed by atoms with E-state index in [1.807, 2.05) is 12.4 Å². The van der Waals surface area contributed by atoms with Crippen LogP contribution in [0, 0.1) is 0 Å². The predicted molar refractivity (Wildman–Crippen MR) is 269 cm³/mol. The third-order valence-electron chi connectivity index (χ3n) is 14.5. The number of imidazole rings is 1. The Morgan fingerprint density at radius 3 is 2.02 bits per heavy atom. The Bertz CT molecular complexity index is 3510. The molecular weight excluding hydrogens is 807 g/mol. The van der Waals surface area contributed by atoms with Crippen molar-refractivity contribution in [3.8, 4) is 11.4 Å². The molecule has 0 bridgehead atoms. The van der Waals surface area contributed by atoms with Gasteiger partial charge in [0, 0.05) is 63.6 Å². The van der Waals surface area contributed by atoms with Crippen molar-refractivity contribution in [2.75, 3.05) is 4.90 Å². The van der Waals surface area contributed by atoms with E-state index in [4.69, 9.17) is 9.97 Å². The van der Waals surface area contributed by atoms with Crippen LogP contribution in [0.2, 0.25) is 0 Å². The van der Waals surface area contributed by atoms with E-state index in [1.165, 1.54) is 64.9 Å². The smallest absolute Gasteiger partial charge is 0.179 e. The molecule has 310 valence electrons. The summed E-state index contributed by atoms with van der Waals surface area (Å²) in [6, 6.07) is 69.7. The molecule has 65 heavy (non-hydrogen) atoms. The Labute approximate surface area is 380 Å². The fourth-order valence-corrected chi connectivity index (χ4v) is 16.5. The van der Waals surface area contributed by atoms with Crippen LogP contribution in [0.25, 0.3) is 33.2 Å². The van der Waals surface area contributed by atoms with E-state index in [0.29, 0.717) is 0 Å². The van der Waals surface area contributed by atoms with E-state index >= 15 is 0 Å². The molecule has 6 heteroatoms. The van der Waals surface area contributed by atoms with Crippen LogP contribution >= 0.6 is 0 Å². The zero-order chi connectivity index (χ0) is 43.3. The average Bonchev–Trinajstić information content (AvgIpc) is 3.99. The van der Waals surface area contributed by atoms with E-state index < -0.39 is 8.07 Å². The first-order valence-electron chi connectivity index (χ1n) is 22.7. The molecule has 5 nitrogen and oxygen atoms in total. The Morgan fingerprint density at radius 1 is 0.523 bits per heavy atom. The van der Waals surface area contributed by atoms with Crippen LogP contribution in [0.5, 0.6) is 0 Å². The van der Waals surface area contributed by atoms with Gasteiger partial charge in [0.15, 0.2) is 8.07 Å². The highest BCUT2D eigenvalue weighted by molar-refractivity contribution is 7.16. The Balaban J connectivity index is 1.07. The van der Waals surface area contributed by atoms with Crippen LogP contribution in [-0.4, -0.2) is 27.2 Å². The summed E-state index contributed by atoms with van der Waals surface area (Å²) in [5.41, 5.74) is 10.4. The summed E-state index contributed by atoms with van der Waals surface area (Å²) < 4.78 is 4.72. The second-order valence-corrected chi connectivity index (χ2v) is 22.0. The van der Waals surface area contributed by atoms with Crippen molar-refractivity contribution in [2.24, 2.45) is 0 Å². The molecule has 2 unspecified atom stereocenters. The van der Waals surface area contributed by atoms with Gasteiger partial charge < -0.3 is 9.13 Å². The molecule has 2 aliphatic heterocycles. The molecule has 3 aliphatic rings. The van der Waals surface area contributed by atoms with Crippen LogP contribution in [0.1, 0.15) is 48.2 Å². The molecule has 13 rings (SSSR count). The second kappa shape index (κ2) is 14.4. The lowest BCUT2D eigenvalue weighted by molar-refractivity contribution is 0.628. The molecule has 0 N–H and O–H groups in total. The SMILES string of the molecule is CC1(C)c2cc3c4ccccc4n(-c4ccccc4)c3cc2N(c2cccc([Si](C3=CC4c5nccn5-c5ccccc5C4C=C3)(c3ccccc3)c3ccccc3)c2)c2ncccc21. The number of allylic oxidation sites excluding steroid dienone is 4. The number of para-hydroxylation sites is 3. The lowest BCUT2D eigenvalue weighted by Crippen LogP contribution is -2.68. The maximum absolute atomic E-state index is 5.25. The first-order valence-corrected chi connectivity index (χ1v) is 24.7. The number of pyridine rings is 1. The van der Waals surface area contributed by atoms with Crippen LogP contribution in [-0.2, 0) is 5.41 Å². The van der Waals surface area contributed by atoms with Gasteiger partial charge in [0.05, 0.1) is 22.4 Å². The van der Waals surface area contributed by atoms with Gasteiger partial charge in [-0.15, -0.1) is 0 Å². The van der Waals surface area contributed by atoms with Crippen LogP contribution in [0.3, 0.4) is 0 Å². The van der Waals surface area contributed by atoms with E-state index in [-0.39, 0.29) is 17.3 Å². The third kappa shape index (κ3) is 5.44. The number of benzene rings is 7. The first kappa shape index (κ1) is 37.7. The fraction of sp³-hybridized carbons (Fsp3) is 0.0847. The molecule has 2 atom stereocenters. The normalized spacial score (nSPS) is 16.9. The molecule has 0 amide bonds. The van der Waals surface area contributed by atoms with Crippen molar-refractivity contribution in [3.05, 3.63) is 253 Å². The van der Waals surface area contributed by atoms with E-state index in [2.05, 4.69) is 240 Å². The number of rotatable bonds is 6. The quantitative estimate of drug-likeness (QED) is 0.124. The largest absolute Gasteiger partial charge is 0.309 e. The maximum Gasteiger partial charge on any atom is 0.179 e. The summed E-state index contributed by atoms with van der Waals surface area (Å²) in [6.45, 7) is 4.71. The molecule has 5 heterocycles. The van der Waals surface area contributed by atoms with Gasteiger partial charge in [0.2, 0.25) is 0 Å². The number of hydrogen-bond donors (Lipinski definition) is 0. The summed E-state index contributed by atoms with van der Waals surface area (Å²) in [6.07, 6.45) is 13.5. The van der Waals surface area contributed by atoms with Crippen molar-refractivity contribution in [1.29, 1.82) is 0 Å². The molecular formula is C59H45N5Si. The van der Waals surface area contributed by atoms with E-state index in [1.54, 1.807) is 0 Å². The Morgan fingerprint density at radius 2 is 1.22 bits per heavy atom. The lowest BCUT2D eigenvalue weighted by Gasteiger charge is -2.42. The summed E-state index contributed by atoms with van der Waals surface area (Å²) in [7, 11) is -3.03. The minimum absolute atomic E-state index is 0.0773. The standard InChI is InChI=1S/C59H45N5Si/c1-59(2)51-28-17-33-60-58(51)64(56-39-55-49(38-52(56)59)48-27-13-15-30-54(48)63(55)40-18-6-3-7-19-40)41-20-16-25-44(36-41)65(42-21-8-4-9-22-42,43-23-10-5-11-24-43)45-31-32-46-47-26-12-14-29-53(47)62-35-34-61-57(62)50(46)37-45/h3-39,46,50H,1-2H3. The maximum atomic E-state index is 5.25. The van der Waals surface area contributed by atoms with Gasteiger partial charge in [-0.1, -0.05) is 166 Å². The second-order valence-electron chi connectivity index (χ2n) is 18.2. The topological polar surface area (TPSA) is 38.9 Å². The molecule has 1 aliphatic carbocycles. The van der Waals surface area contributed by atoms with Crippen molar-refractivity contribution in [1.82, 2.24) is 19.1 Å². The molecule has 0 saturated carbocycles. The van der Waals surface area contributed by atoms with E-state index in [0.717, 1.165) is 28.7 Å². The number of aromatic nitrogens is 4. The number of anilines is 3. The minimum Gasteiger partial charge on any atom is -0.309 e. The molecule has 0 spiro atoms. The van der Waals surface area contributed by atoms with Gasteiger partial charge in [-0.05, 0) is 86.5 Å². The molecule has 0 saturated heterocycles. The highest BCUT2D eigenvalue weighted by Crippen LogP contribution is 2.53. The summed E-state index contributed by atoms with van der Waals surface area (Å²) in [4.78, 5) is 12.7. The molecule has 0 fully saturated rings. The minimum atomic E-state index is -3.03. The number of nitrogens with zero attached hydrogens (tertiary/aromatic N) is 5. The Hall–Kier alpha value is -7.80. The summed E-state index contributed by atoms with van der Waals surface area (Å²) in [5, 5.41) is 7.84. The molecule has 7 aromatic carbocycles. The van der Waals surface area contributed by atoms with Crippen molar-refractivity contribution in [2.45, 2.75) is 31.1 Å². The van der Waals surface area contributed by atoms with Gasteiger partial charge in [0.1, 0.15) is 11.6 Å². The highest BCUT2D eigenvalue weighted by atomic mass is 28.3. The van der Waals surface area contributed by atoms with Crippen LogP contribution < -0.4 is 20.5 Å². The van der Waals surface area contributed by atoms with Gasteiger partial charge in [-0.3, -0.25) is 4.90 Å². The summed E-state index contributed by atoms with van der Waals surface area (Å²) in [5.74, 6) is 2.31. The first-order chi connectivity index (χ1) is 32.0. The van der Waals surface area contributed by atoms with Crippen LogP contribution in [0.4, 0.5) is 17.2 Å². The third-order valence-corrected chi connectivity index (χ3v) is 19.3. The number of hydrogen-bond acceptors (Lipinski definition) is 3. The van der Waals surface area contributed by atoms with Crippen molar-refractivity contribution >= 4 is 62.6 Å². The van der Waals surface area contributed by atoms with Crippen molar-refractivity contribution < 1.29 is 0 Å². The average molecular weight is 852 g/mol. The van der Waals surface area contributed by atoms with Gasteiger partial charge in [0.25, 0.3) is 0 Å². The zero-order valence-electron chi connectivity index (χ0n) is 36.3. The molecule has 3 aromatic heterocycles. The van der Waals surface area contributed by atoms with Gasteiger partial charge >= 0.3 is 0 Å². The van der Waals surface area contributed by atoms with Gasteiger partial charge in [-0.2, -0.15) is 0 Å². The van der Waals surface area contributed by atoms with E-state index in [9.17, 15) is 0 Å². The summed E-state index contributed by atoms with van der Waals surface area (Å²) >= 11 is 0. The monoisotopic (exact) mass is 851 g/mol. The van der Waals surface area contributed by atoms with Crippen molar-refractivity contribution in [3.63, 3.8) is 0 Å². The lowest BCUT2D eigenvalue weighted by atomic mass is 9.74. The number of fused-ring (bicyclic) bond motifs is 11. The van der Waals surface area contributed by atoms with Gasteiger partial charge in [-0.25, -0.2) is 9.97 Å². The predicted octanol–water partition coefficient (Wildman–Crippen LogP) is 11.9. The Kier molecular flexibility index (Phi) is 8.33.